The number of aliphatic hydroxyl groups is 1. The van der Waals surface area contributed by atoms with E-state index >= 15 is 0 Å². The first-order valence-corrected chi connectivity index (χ1v) is 6.41. The van der Waals surface area contributed by atoms with Gasteiger partial charge in [0.1, 0.15) is 5.75 Å². The van der Waals surface area contributed by atoms with Gasteiger partial charge in [0.05, 0.1) is 18.5 Å². The summed E-state index contributed by atoms with van der Waals surface area (Å²) in [5.74, 6) is 0.369. The van der Waals surface area contributed by atoms with E-state index in [1.165, 1.54) is 12.4 Å². The molecule has 110 valence electrons. The molecule has 2 rings (SSSR count). The van der Waals surface area contributed by atoms with Crippen molar-refractivity contribution < 1.29 is 10.2 Å². The molecule has 7 heteroatoms. The minimum atomic E-state index is -0.234. The lowest BCUT2D eigenvalue weighted by Crippen LogP contribution is -2.02. The number of hydrogen-bond donors (Lipinski definition) is 3. The van der Waals surface area contributed by atoms with Crippen molar-refractivity contribution in [1.82, 2.24) is 15.0 Å². The molecule has 0 unspecified atom stereocenters. The minimum absolute atomic E-state index is 0.00607. The lowest BCUT2D eigenvalue weighted by Gasteiger charge is -2.07. The van der Waals surface area contributed by atoms with Gasteiger partial charge in [0.25, 0.3) is 0 Å². The van der Waals surface area contributed by atoms with E-state index in [1.807, 2.05) is 19.9 Å². The molecule has 2 aromatic rings. The van der Waals surface area contributed by atoms with Crippen molar-refractivity contribution in [2.24, 2.45) is 5.10 Å². The number of nitrogens with one attached hydrogen (secondary N) is 1. The van der Waals surface area contributed by atoms with Crippen LogP contribution in [0, 0.1) is 20.8 Å². The maximum atomic E-state index is 9.97. The fourth-order valence-corrected chi connectivity index (χ4v) is 1.85. The summed E-state index contributed by atoms with van der Waals surface area (Å²) in [7, 11) is 0. The summed E-state index contributed by atoms with van der Waals surface area (Å²) in [6.07, 6.45) is 2.92. The van der Waals surface area contributed by atoms with Gasteiger partial charge >= 0.3 is 0 Å². The molecule has 0 radical (unpaired) electrons. The third kappa shape index (κ3) is 3.51. The van der Waals surface area contributed by atoms with Crippen molar-refractivity contribution in [3.8, 4) is 5.75 Å². The first kappa shape index (κ1) is 14.9. The fourth-order valence-electron chi connectivity index (χ4n) is 1.85. The van der Waals surface area contributed by atoms with Gasteiger partial charge in [-0.2, -0.15) is 5.10 Å². The van der Waals surface area contributed by atoms with Gasteiger partial charge in [-0.1, -0.05) is 0 Å². The third-order valence-corrected chi connectivity index (χ3v) is 2.87. The maximum absolute atomic E-state index is 9.97. The van der Waals surface area contributed by atoms with Crippen LogP contribution in [0.2, 0.25) is 0 Å². The largest absolute Gasteiger partial charge is 0.505 e. The number of anilines is 1. The quantitative estimate of drug-likeness (QED) is 0.580. The lowest BCUT2D eigenvalue weighted by atomic mass is 10.1. The molecule has 0 aliphatic rings. The zero-order valence-electron chi connectivity index (χ0n) is 12.1. The molecule has 0 aromatic carbocycles. The molecule has 0 aliphatic heterocycles. The highest BCUT2D eigenvalue weighted by Crippen LogP contribution is 2.21. The van der Waals surface area contributed by atoms with E-state index in [9.17, 15) is 10.2 Å². The first-order valence-electron chi connectivity index (χ1n) is 6.41. The summed E-state index contributed by atoms with van der Waals surface area (Å²) in [4.78, 5) is 12.4. The Hall–Kier alpha value is -2.54. The Kier molecular flexibility index (Phi) is 4.44. The van der Waals surface area contributed by atoms with E-state index in [0.717, 1.165) is 11.4 Å². The third-order valence-electron chi connectivity index (χ3n) is 2.87. The van der Waals surface area contributed by atoms with E-state index in [2.05, 4.69) is 25.5 Å². The molecule has 3 N–H and O–H groups in total. The van der Waals surface area contributed by atoms with Crippen molar-refractivity contribution >= 4 is 12.2 Å². The smallest absolute Gasteiger partial charge is 0.243 e. The second-order valence-electron chi connectivity index (χ2n) is 4.63. The maximum Gasteiger partial charge on any atom is 0.243 e. The molecule has 0 aliphatic carbocycles. The van der Waals surface area contributed by atoms with Gasteiger partial charge in [-0.3, -0.25) is 4.98 Å². The highest BCUT2D eigenvalue weighted by molar-refractivity contribution is 5.86. The number of nitrogens with zero attached hydrogens (tertiary/aromatic N) is 4. The van der Waals surface area contributed by atoms with Crippen LogP contribution in [0.25, 0.3) is 0 Å². The van der Waals surface area contributed by atoms with Crippen LogP contribution in [0.1, 0.15) is 28.2 Å². The standard InChI is InChI=1S/C14H17N5O2/c1-8-4-9(2)18-14(17-8)19-16-6-12-11(7-20)5-15-10(3)13(12)21/h4-6,20-21H,7H2,1-3H3,(H,17,18,19)/b16-6+. The summed E-state index contributed by atoms with van der Waals surface area (Å²) in [5, 5.41) is 23.2. The highest BCUT2D eigenvalue weighted by Gasteiger charge is 2.09. The predicted molar refractivity (Wildman–Crippen MR) is 79.3 cm³/mol. The highest BCUT2D eigenvalue weighted by atomic mass is 16.3. The molecular formula is C14H17N5O2. The van der Waals surface area contributed by atoms with Gasteiger partial charge < -0.3 is 10.2 Å². The molecule has 2 aromatic heterocycles. The van der Waals surface area contributed by atoms with Gasteiger partial charge in [-0.15, -0.1) is 0 Å². The van der Waals surface area contributed by atoms with Crippen LogP contribution < -0.4 is 5.43 Å². The summed E-state index contributed by atoms with van der Waals surface area (Å²) in [6.45, 7) is 5.17. The van der Waals surface area contributed by atoms with Gasteiger partial charge in [-0.25, -0.2) is 15.4 Å². The predicted octanol–water partition coefficient (Wildman–Crippen LogP) is 1.44. The van der Waals surface area contributed by atoms with Crippen LogP contribution in [0.15, 0.2) is 17.4 Å². The number of aliphatic hydroxyl groups excluding tert-OH is 1. The number of aromatic hydroxyl groups is 1. The molecule has 21 heavy (non-hydrogen) atoms. The van der Waals surface area contributed by atoms with E-state index in [-0.39, 0.29) is 12.4 Å². The molecule has 0 bridgehead atoms. The SMILES string of the molecule is Cc1cc(C)nc(N/N=C/c2c(CO)cnc(C)c2O)n1. The zero-order valence-corrected chi connectivity index (χ0v) is 12.1. The van der Waals surface area contributed by atoms with Crippen LogP contribution >= 0.6 is 0 Å². The van der Waals surface area contributed by atoms with E-state index < -0.39 is 0 Å². The second kappa shape index (κ2) is 6.27. The number of aromatic nitrogens is 3. The number of pyridine rings is 1. The van der Waals surface area contributed by atoms with Crippen molar-refractivity contribution in [3.63, 3.8) is 0 Å². The van der Waals surface area contributed by atoms with Gasteiger partial charge in [0, 0.05) is 28.7 Å². The Morgan fingerprint density at radius 2 is 1.90 bits per heavy atom. The number of hydrazone groups is 1. The summed E-state index contributed by atoms with van der Waals surface area (Å²) in [5.41, 5.74) is 5.75. The molecule has 0 atom stereocenters. The summed E-state index contributed by atoms with van der Waals surface area (Å²) in [6, 6.07) is 1.86. The normalized spacial score (nSPS) is 11.0. The van der Waals surface area contributed by atoms with Crippen molar-refractivity contribution in [2.75, 3.05) is 5.43 Å². The van der Waals surface area contributed by atoms with E-state index in [0.29, 0.717) is 22.8 Å². The average Bonchev–Trinajstić information content (AvgIpc) is 2.42. The van der Waals surface area contributed by atoms with E-state index in [4.69, 9.17) is 0 Å². The van der Waals surface area contributed by atoms with Gasteiger partial charge in [-0.05, 0) is 26.8 Å². The number of rotatable bonds is 4. The Morgan fingerprint density at radius 1 is 1.24 bits per heavy atom. The van der Waals surface area contributed by atoms with Crippen LogP contribution in [0.5, 0.6) is 5.75 Å². The molecule has 0 saturated carbocycles. The van der Waals surface area contributed by atoms with Crippen molar-refractivity contribution in [3.05, 3.63) is 40.5 Å². The summed E-state index contributed by atoms with van der Waals surface area (Å²) >= 11 is 0. The van der Waals surface area contributed by atoms with E-state index in [1.54, 1.807) is 6.92 Å². The minimum Gasteiger partial charge on any atom is -0.505 e. The molecule has 0 spiro atoms. The number of aryl methyl sites for hydroxylation is 3. The summed E-state index contributed by atoms with van der Waals surface area (Å²) < 4.78 is 0. The Balaban J connectivity index is 2.23. The van der Waals surface area contributed by atoms with Gasteiger partial charge in [0.2, 0.25) is 5.95 Å². The zero-order chi connectivity index (χ0) is 15.4. The monoisotopic (exact) mass is 287 g/mol. The second-order valence-corrected chi connectivity index (χ2v) is 4.63. The molecule has 7 nitrogen and oxygen atoms in total. The Labute approximate surface area is 122 Å². The van der Waals surface area contributed by atoms with Crippen LogP contribution in [0.3, 0.4) is 0 Å². The molecule has 0 saturated heterocycles. The van der Waals surface area contributed by atoms with Crippen LogP contribution in [-0.2, 0) is 6.61 Å². The van der Waals surface area contributed by atoms with Crippen molar-refractivity contribution in [2.45, 2.75) is 27.4 Å². The van der Waals surface area contributed by atoms with Crippen molar-refractivity contribution in [1.29, 1.82) is 0 Å². The number of hydrogen-bond acceptors (Lipinski definition) is 7. The average molecular weight is 287 g/mol. The van der Waals surface area contributed by atoms with Crippen LogP contribution in [-0.4, -0.2) is 31.4 Å². The molecular weight excluding hydrogens is 270 g/mol. The lowest BCUT2D eigenvalue weighted by molar-refractivity contribution is 0.280. The fraction of sp³-hybridized carbons (Fsp3) is 0.286. The molecule has 0 fully saturated rings. The topological polar surface area (TPSA) is 104 Å². The molecule has 2 heterocycles. The Bertz CT molecular complexity index is 665. The molecule has 0 amide bonds. The van der Waals surface area contributed by atoms with Crippen LogP contribution in [0.4, 0.5) is 5.95 Å². The van der Waals surface area contributed by atoms with Gasteiger partial charge in [0.15, 0.2) is 0 Å². The first-order chi connectivity index (χ1) is 10.0. The Morgan fingerprint density at radius 3 is 2.52 bits per heavy atom.